The van der Waals surface area contributed by atoms with Gasteiger partial charge in [0.05, 0.1) is 6.20 Å². The lowest BCUT2D eigenvalue weighted by molar-refractivity contribution is 0.915. The fourth-order valence-electron chi connectivity index (χ4n) is 0.358. The van der Waals surface area contributed by atoms with E-state index in [-0.39, 0.29) is 12.3 Å². The van der Waals surface area contributed by atoms with Gasteiger partial charge in [0, 0.05) is 0 Å². The number of anilines is 1. The summed E-state index contributed by atoms with van der Waals surface area (Å²) in [5.74, 6) is 0.329. The highest BCUT2D eigenvalue weighted by atomic mass is 32.2. The van der Waals surface area contributed by atoms with Crippen molar-refractivity contribution in [2.45, 2.75) is 0 Å². The van der Waals surface area contributed by atoms with Crippen molar-refractivity contribution < 1.29 is 3.89 Å². The molecule has 0 aliphatic rings. The molecule has 0 fully saturated rings. The summed E-state index contributed by atoms with van der Waals surface area (Å²) in [6, 6.07) is 0. The van der Waals surface area contributed by atoms with Gasteiger partial charge in [0.1, 0.15) is 12.1 Å². The van der Waals surface area contributed by atoms with Gasteiger partial charge in [-0.15, -0.1) is 3.89 Å². The highest BCUT2D eigenvalue weighted by Gasteiger charge is 1.90. The summed E-state index contributed by atoms with van der Waals surface area (Å²) in [6.45, 7) is 0. The van der Waals surface area contributed by atoms with E-state index in [0.29, 0.717) is 5.82 Å². The first-order valence-electron chi connectivity index (χ1n) is 1.91. The number of hydrogen-bond donors (Lipinski definition) is 1. The van der Waals surface area contributed by atoms with E-state index in [9.17, 15) is 3.89 Å². The van der Waals surface area contributed by atoms with Gasteiger partial charge in [-0.1, -0.05) is 0 Å². The van der Waals surface area contributed by atoms with Crippen molar-refractivity contribution in [3.05, 3.63) is 12.5 Å². The maximum Gasteiger partial charge on any atom is 0.170 e. The smallest absolute Gasteiger partial charge is 0.170 e. The molecule has 0 bridgehead atoms. The topological polar surface area (TPSA) is 43.8 Å². The van der Waals surface area contributed by atoms with Crippen LogP contribution in [0.25, 0.3) is 0 Å². The Morgan fingerprint density at radius 2 is 2.62 bits per heavy atom. The van der Waals surface area contributed by atoms with Crippen LogP contribution in [-0.4, -0.2) is 8.96 Å². The van der Waals surface area contributed by atoms with Gasteiger partial charge in [-0.25, -0.2) is 4.98 Å². The maximum absolute atomic E-state index is 11.5. The van der Waals surface area contributed by atoms with Crippen molar-refractivity contribution in [3.8, 4) is 0 Å². The summed E-state index contributed by atoms with van der Waals surface area (Å²) < 4.78 is 12.7. The molecule has 0 spiro atoms. The quantitative estimate of drug-likeness (QED) is 0.617. The molecule has 0 unspecified atom stereocenters. The number of imidazole rings is 1. The Kier molecular flexibility index (Phi) is 1.38. The predicted molar refractivity (Wildman–Crippen MR) is 30.7 cm³/mol. The Morgan fingerprint density at radius 3 is 2.88 bits per heavy atom. The molecule has 8 heavy (non-hydrogen) atoms. The minimum absolute atomic E-state index is 0.0638. The Labute approximate surface area is 50.1 Å². The molecular formula is C3H4FN3S. The summed E-state index contributed by atoms with van der Waals surface area (Å²) in [5.41, 5.74) is 5.14. The monoisotopic (exact) mass is 133 g/mol. The third kappa shape index (κ3) is 0.919. The van der Waals surface area contributed by atoms with Crippen LogP contribution in [0.15, 0.2) is 12.5 Å². The second kappa shape index (κ2) is 2.04. The number of hydrogen-bond acceptors (Lipinski definition) is 3. The molecular weight excluding hydrogens is 129 g/mol. The molecule has 2 N–H and O–H groups in total. The van der Waals surface area contributed by atoms with Crippen molar-refractivity contribution in [1.82, 2.24) is 8.96 Å². The van der Waals surface area contributed by atoms with E-state index >= 15 is 0 Å². The van der Waals surface area contributed by atoms with E-state index < -0.39 is 0 Å². The molecule has 1 aromatic heterocycles. The van der Waals surface area contributed by atoms with Gasteiger partial charge in [-0.05, 0) is 0 Å². The number of nitrogens with zero attached hydrogens (tertiary/aromatic N) is 2. The standard InChI is InChI=1S/C3H4FN3S/c4-8-7-1-3(5)6-2-7/h1-2H,5H2. The third-order valence-electron chi connectivity index (χ3n) is 0.660. The Balaban J connectivity index is 2.84. The molecule has 0 amide bonds. The van der Waals surface area contributed by atoms with E-state index in [1.165, 1.54) is 16.5 Å². The zero-order chi connectivity index (χ0) is 5.98. The summed E-state index contributed by atoms with van der Waals surface area (Å²) in [6.07, 6.45) is 2.70. The molecule has 0 aliphatic heterocycles. The van der Waals surface area contributed by atoms with Gasteiger partial charge in [0.2, 0.25) is 0 Å². The van der Waals surface area contributed by atoms with Gasteiger partial charge in [0.15, 0.2) is 12.3 Å². The van der Waals surface area contributed by atoms with Crippen LogP contribution in [0.4, 0.5) is 9.70 Å². The fraction of sp³-hybridized carbons (Fsp3) is 0. The number of aromatic nitrogens is 2. The van der Waals surface area contributed by atoms with Crippen LogP contribution >= 0.6 is 12.3 Å². The summed E-state index contributed by atoms with van der Waals surface area (Å²) in [7, 11) is 0. The molecule has 0 atom stereocenters. The van der Waals surface area contributed by atoms with Gasteiger partial charge in [0.25, 0.3) is 0 Å². The first-order chi connectivity index (χ1) is 3.83. The number of nitrogens with two attached hydrogens (primary N) is 1. The first kappa shape index (κ1) is 5.43. The van der Waals surface area contributed by atoms with Crippen LogP contribution in [0.2, 0.25) is 0 Å². The van der Waals surface area contributed by atoms with Gasteiger partial charge >= 0.3 is 0 Å². The second-order valence-electron chi connectivity index (χ2n) is 1.23. The Bertz CT molecular complexity index is 175. The molecule has 0 saturated carbocycles. The largest absolute Gasteiger partial charge is 0.382 e. The minimum Gasteiger partial charge on any atom is -0.382 e. The number of nitrogen functional groups attached to an aromatic ring is 1. The Hall–Kier alpha value is -0.710. The van der Waals surface area contributed by atoms with Crippen molar-refractivity contribution in [3.63, 3.8) is 0 Å². The van der Waals surface area contributed by atoms with Crippen LogP contribution < -0.4 is 5.73 Å². The predicted octanol–water partition coefficient (Wildman–Crippen LogP) is 0.846. The van der Waals surface area contributed by atoms with E-state index in [0.717, 1.165) is 0 Å². The molecule has 5 heteroatoms. The molecule has 0 aromatic carbocycles. The zero-order valence-electron chi connectivity index (χ0n) is 3.91. The first-order valence-corrected chi connectivity index (χ1v) is 2.59. The second-order valence-corrected chi connectivity index (χ2v) is 1.79. The average molecular weight is 133 g/mol. The average Bonchev–Trinajstić information content (AvgIpc) is 2.14. The van der Waals surface area contributed by atoms with E-state index in [4.69, 9.17) is 5.73 Å². The van der Waals surface area contributed by atoms with Gasteiger partial charge in [-0.2, -0.15) is 0 Å². The molecule has 1 rings (SSSR count). The molecule has 1 aromatic rings. The molecule has 1 heterocycles. The number of halogens is 1. The zero-order valence-corrected chi connectivity index (χ0v) is 4.73. The van der Waals surface area contributed by atoms with Gasteiger partial charge < -0.3 is 5.73 Å². The molecule has 0 saturated heterocycles. The number of rotatable bonds is 1. The van der Waals surface area contributed by atoms with Crippen LogP contribution in [0.1, 0.15) is 0 Å². The molecule has 0 radical (unpaired) electrons. The van der Waals surface area contributed by atoms with Crippen molar-refractivity contribution in [2.75, 3.05) is 5.73 Å². The van der Waals surface area contributed by atoms with Crippen LogP contribution in [-0.2, 0) is 0 Å². The molecule has 44 valence electrons. The van der Waals surface area contributed by atoms with Crippen molar-refractivity contribution >= 4 is 18.2 Å². The third-order valence-corrected chi connectivity index (χ3v) is 1.02. The normalized spacial score (nSPS) is 9.62. The SMILES string of the molecule is Nc1cn(SF)cn1. The van der Waals surface area contributed by atoms with E-state index in [2.05, 4.69) is 4.98 Å². The van der Waals surface area contributed by atoms with Crippen LogP contribution in [0, 0.1) is 0 Å². The lowest BCUT2D eigenvalue weighted by Gasteiger charge is -1.81. The van der Waals surface area contributed by atoms with Crippen LogP contribution in [0.3, 0.4) is 0 Å². The lowest BCUT2D eigenvalue weighted by Crippen LogP contribution is -1.80. The molecule has 0 aliphatic carbocycles. The fourth-order valence-corrected chi connectivity index (χ4v) is 0.589. The lowest BCUT2D eigenvalue weighted by atomic mass is 10.8. The summed E-state index contributed by atoms with van der Waals surface area (Å²) >= 11 is 0.0638. The minimum atomic E-state index is 0.0638. The highest BCUT2D eigenvalue weighted by molar-refractivity contribution is 7.92. The van der Waals surface area contributed by atoms with Gasteiger partial charge in [-0.3, -0.25) is 3.97 Å². The van der Waals surface area contributed by atoms with E-state index in [1.807, 2.05) is 0 Å². The summed E-state index contributed by atoms with van der Waals surface area (Å²) in [4.78, 5) is 3.57. The summed E-state index contributed by atoms with van der Waals surface area (Å²) in [5, 5.41) is 0. The van der Waals surface area contributed by atoms with Crippen molar-refractivity contribution in [1.29, 1.82) is 0 Å². The van der Waals surface area contributed by atoms with Crippen LogP contribution in [0.5, 0.6) is 0 Å². The van der Waals surface area contributed by atoms with E-state index in [1.54, 1.807) is 0 Å². The van der Waals surface area contributed by atoms with Crippen molar-refractivity contribution in [2.24, 2.45) is 0 Å². The maximum atomic E-state index is 11.5. The Morgan fingerprint density at radius 1 is 1.88 bits per heavy atom. The highest BCUT2D eigenvalue weighted by Crippen LogP contribution is 2.07. The molecule has 3 nitrogen and oxygen atoms in total.